The summed E-state index contributed by atoms with van der Waals surface area (Å²) in [6, 6.07) is 5.79. The van der Waals surface area contributed by atoms with Gasteiger partial charge in [-0.1, -0.05) is 6.07 Å². The molecule has 9 heteroatoms. The number of carbonyl (C=O) groups excluding carboxylic acids is 2. The van der Waals surface area contributed by atoms with Gasteiger partial charge in [0, 0.05) is 63.1 Å². The maximum atomic E-state index is 12.4. The molecule has 2 N–H and O–H groups in total. The van der Waals surface area contributed by atoms with E-state index in [9.17, 15) is 9.59 Å². The predicted octanol–water partition coefficient (Wildman–Crippen LogP) is 2.78. The third kappa shape index (κ3) is 5.59. The first kappa shape index (κ1) is 24.2. The molecule has 2 aliphatic rings. The largest absolute Gasteiger partial charge is 0.447 e. The maximum Gasteiger partial charge on any atom is 0.407 e. The van der Waals surface area contributed by atoms with Gasteiger partial charge >= 0.3 is 6.09 Å². The standard InChI is InChI=1S/C25H36N6O3/c1-17(2)34-25(33)28-23-13-18(3)31(19(4)32)24-6-5-20(14-22(23)24)21-15-27-30(16-21)12-11-29-9-7-26-8-10-29/h5-6,14-18,23,26H,7-13H2,1-4H3,(H,28,33)/t18-,23+/m1/s1. The van der Waals surface area contributed by atoms with Gasteiger partial charge in [-0.05, 0) is 50.5 Å². The van der Waals surface area contributed by atoms with Gasteiger partial charge in [-0.3, -0.25) is 14.4 Å². The Hall–Kier alpha value is -2.91. The Bertz CT molecular complexity index is 1010. The molecule has 0 unspecified atom stereocenters. The molecule has 9 nitrogen and oxygen atoms in total. The molecule has 4 rings (SSSR count). The monoisotopic (exact) mass is 468 g/mol. The first-order chi connectivity index (χ1) is 16.3. The molecule has 1 fully saturated rings. The van der Waals surface area contributed by atoms with E-state index >= 15 is 0 Å². The average Bonchev–Trinajstić information content (AvgIpc) is 3.26. The number of anilines is 1. The number of benzene rings is 1. The molecule has 1 saturated heterocycles. The molecule has 184 valence electrons. The van der Waals surface area contributed by atoms with Crippen molar-refractivity contribution in [2.45, 2.75) is 58.8 Å². The normalized spacial score (nSPS) is 20.8. The number of hydrogen-bond donors (Lipinski definition) is 2. The number of fused-ring (bicyclic) bond motifs is 1. The second-order valence-electron chi connectivity index (χ2n) is 9.48. The third-order valence-corrected chi connectivity index (χ3v) is 6.48. The zero-order chi connectivity index (χ0) is 24.2. The second-order valence-corrected chi connectivity index (χ2v) is 9.48. The minimum Gasteiger partial charge on any atom is -0.447 e. The SMILES string of the molecule is CC(=O)N1c2ccc(-c3cnn(CCN4CCNCC4)c3)cc2[C@@H](NC(=O)OC(C)C)C[C@H]1C. The van der Waals surface area contributed by atoms with Crippen molar-refractivity contribution in [1.82, 2.24) is 25.3 Å². The Morgan fingerprint density at radius 3 is 2.68 bits per heavy atom. The minimum absolute atomic E-state index is 0.00885. The van der Waals surface area contributed by atoms with Gasteiger partial charge in [0.25, 0.3) is 0 Å². The van der Waals surface area contributed by atoms with Gasteiger partial charge < -0.3 is 20.3 Å². The summed E-state index contributed by atoms with van der Waals surface area (Å²) >= 11 is 0. The van der Waals surface area contributed by atoms with E-state index in [0.29, 0.717) is 6.42 Å². The van der Waals surface area contributed by atoms with Crippen molar-refractivity contribution >= 4 is 17.7 Å². The molecule has 2 aromatic rings. The highest BCUT2D eigenvalue weighted by molar-refractivity contribution is 5.94. The Morgan fingerprint density at radius 2 is 1.97 bits per heavy atom. The van der Waals surface area contributed by atoms with Gasteiger partial charge in [0.1, 0.15) is 0 Å². The Balaban J connectivity index is 1.56. The number of aromatic nitrogens is 2. The summed E-state index contributed by atoms with van der Waals surface area (Å²) in [5, 5.41) is 10.9. The average molecular weight is 469 g/mol. The van der Waals surface area contributed by atoms with Gasteiger partial charge in [-0.15, -0.1) is 0 Å². The number of hydrogen-bond acceptors (Lipinski definition) is 6. The van der Waals surface area contributed by atoms with Crippen LogP contribution in [-0.2, 0) is 16.1 Å². The van der Waals surface area contributed by atoms with E-state index < -0.39 is 6.09 Å². The number of piperazine rings is 1. The number of alkyl carbamates (subject to hydrolysis) is 1. The quantitative estimate of drug-likeness (QED) is 0.678. The molecule has 2 aliphatic heterocycles. The van der Waals surface area contributed by atoms with E-state index in [1.165, 1.54) is 0 Å². The van der Waals surface area contributed by atoms with Crippen LogP contribution in [0.1, 0.15) is 45.7 Å². The minimum atomic E-state index is -0.444. The van der Waals surface area contributed by atoms with Gasteiger partial charge in [-0.2, -0.15) is 5.10 Å². The van der Waals surface area contributed by atoms with E-state index in [4.69, 9.17) is 4.74 Å². The Labute approximate surface area is 201 Å². The second kappa shape index (κ2) is 10.6. The van der Waals surface area contributed by atoms with Crippen LogP contribution in [0.3, 0.4) is 0 Å². The molecule has 0 spiro atoms. The van der Waals surface area contributed by atoms with Crippen molar-refractivity contribution in [2.75, 3.05) is 37.6 Å². The Morgan fingerprint density at radius 1 is 1.21 bits per heavy atom. The lowest BCUT2D eigenvalue weighted by Crippen LogP contribution is -2.45. The van der Waals surface area contributed by atoms with Crippen molar-refractivity contribution in [3.63, 3.8) is 0 Å². The van der Waals surface area contributed by atoms with Crippen LogP contribution < -0.4 is 15.5 Å². The van der Waals surface area contributed by atoms with E-state index in [1.807, 2.05) is 48.7 Å². The summed E-state index contributed by atoms with van der Waals surface area (Å²) in [6.07, 6.45) is 3.91. The highest BCUT2D eigenvalue weighted by Crippen LogP contribution is 2.39. The number of rotatable bonds is 6. The lowest BCUT2D eigenvalue weighted by molar-refractivity contribution is -0.117. The lowest BCUT2D eigenvalue weighted by Gasteiger charge is -2.39. The lowest BCUT2D eigenvalue weighted by atomic mass is 9.89. The van der Waals surface area contributed by atoms with E-state index in [1.54, 1.807) is 6.92 Å². The van der Waals surface area contributed by atoms with Crippen LogP contribution in [0.25, 0.3) is 11.1 Å². The third-order valence-electron chi connectivity index (χ3n) is 6.48. The van der Waals surface area contributed by atoms with Crippen LogP contribution >= 0.6 is 0 Å². The summed E-state index contributed by atoms with van der Waals surface area (Å²) in [6.45, 7) is 13.3. The number of ether oxygens (including phenoxy) is 1. The summed E-state index contributed by atoms with van der Waals surface area (Å²) in [5.41, 5.74) is 3.77. The van der Waals surface area contributed by atoms with Crippen LogP contribution in [0.5, 0.6) is 0 Å². The van der Waals surface area contributed by atoms with Crippen LogP contribution in [0.2, 0.25) is 0 Å². The molecule has 0 bridgehead atoms. The molecule has 0 saturated carbocycles. The molecule has 2 atom stereocenters. The zero-order valence-corrected chi connectivity index (χ0v) is 20.6. The zero-order valence-electron chi connectivity index (χ0n) is 20.6. The maximum absolute atomic E-state index is 12.4. The Kier molecular flexibility index (Phi) is 7.53. The van der Waals surface area contributed by atoms with Gasteiger partial charge in [0.15, 0.2) is 0 Å². The first-order valence-electron chi connectivity index (χ1n) is 12.2. The molecule has 0 aliphatic carbocycles. The van der Waals surface area contributed by atoms with Crippen molar-refractivity contribution in [3.05, 3.63) is 36.2 Å². The smallest absolute Gasteiger partial charge is 0.407 e. The van der Waals surface area contributed by atoms with Gasteiger partial charge in [0.05, 0.1) is 24.9 Å². The highest BCUT2D eigenvalue weighted by atomic mass is 16.6. The number of nitrogens with one attached hydrogen (secondary N) is 2. The molecule has 1 aromatic heterocycles. The predicted molar refractivity (Wildman–Crippen MR) is 132 cm³/mol. The van der Waals surface area contributed by atoms with E-state index in [-0.39, 0.29) is 24.1 Å². The van der Waals surface area contributed by atoms with Crippen molar-refractivity contribution < 1.29 is 14.3 Å². The van der Waals surface area contributed by atoms with Gasteiger partial charge in [-0.25, -0.2) is 4.79 Å². The fourth-order valence-electron chi connectivity index (χ4n) is 4.86. The van der Waals surface area contributed by atoms with Crippen LogP contribution in [0.15, 0.2) is 30.6 Å². The topological polar surface area (TPSA) is 91.7 Å². The van der Waals surface area contributed by atoms with Gasteiger partial charge in [0.2, 0.25) is 5.91 Å². The number of amides is 2. The summed E-state index contributed by atoms with van der Waals surface area (Å²) in [5.74, 6) is -0.00885. The van der Waals surface area contributed by atoms with Crippen LogP contribution in [0, 0.1) is 0 Å². The molecule has 34 heavy (non-hydrogen) atoms. The summed E-state index contributed by atoms with van der Waals surface area (Å²) in [4.78, 5) is 29.0. The van der Waals surface area contributed by atoms with Crippen molar-refractivity contribution in [3.8, 4) is 11.1 Å². The molecule has 2 amide bonds. The van der Waals surface area contributed by atoms with E-state index in [0.717, 1.165) is 61.6 Å². The number of nitrogens with zero attached hydrogens (tertiary/aromatic N) is 4. The summed E-state index contributed by atoms with van der Waals surface area (Å²) in [7, 11) is 0. The van der Waals surface area contributed by atoms with Crippen molar-refractivity contribution in [2.24, 2.45) is 0 Å². The molecule has 0 radical (unpaired) electrons. The van der Waals surface area contributed by atoms with Crippen LogP contribution in [0.4, 0.5) is 10.5 Å². The fourth-order valence-corrected chi connectivity index (χ4v) is 4.86. The molecular formula is C25H36N6O3. The highest BCUT2D eigenvalue weighted by Gasteiger charge is 2.34. The van der Waals surface area contributed by atoms with E-state index in [2.05, 4.69) is 32.9 Å². The number of carbonyl (C=O) groups is 2. The molecule has 3 heterocycles. The summed E-state index contributed by atoms with van der Waals surface area (Å²) < 4.78 is 7.30. The molecule has 1 aromatic carbocycles. The first-order valence-corrected chi connectivity index (χ1v) is 12.2. The fraction of sp³-hybridized carbons (Fsp3) is 0.560. The molecular weight excluding hydrogens is 432 g/mol. The van der Waals surface area contributed by atoms with Crippen molar-refractivity contribution in [1.29, 1.82) is 0 Å². The van der Waals surface area contributed by atoms with Crippen LogP contribution in [-0.4, -0.2) is 71.6 Å².